The molecule has 3 heterocycles. The van der Waals surface area contributed by atoms with Crippen LogP contribution < -0.4 is 10.6 Å². The minimum Gasteiger partial charge on any atom is -0.389 e. The molecule has 0 aromatic carbocycles. The smallest absolute Gasteiger partial charge is 0.389 e. The number of carbonyl (C=O) groups excluding carboxylic acids is 2. The van der Waals surface area contributed by atoms with Gasteiger partial charge >= 0.3 is 6.18 Å². The van der Waals surface area contributed by atoms with Gasteiger partial charge in [-0.25, -0.2) is 9.97 Å². The fourth-order valence-corrected chi connectivity index (χ4v) is 5.66. The van der Waals surface area contributed by atoms with Crippen molar-refractivity contribution in [2.75, 3.05) is 18.4 Å². The van der Waals surface area contributed by atoms with Crippen LogP contribution in [0.5, 0.6) is 0 Å². The molecule has 2 aromatic rings. The monoisotopic (exact) mass is 553 g/mol. The van der Waals surface area contributed by atoms with E-state index < -0.39 is 34.7 Å². The van der Waals surface area contributed by atoms with E-state index in [-0.39, 0.29) is 39.5 Å². The quantitative estimate of drug-likeness (QED) is 0.427. The lowest BCUT2D eigenvalue weighted by Gasteiger charge is -2.27. The number of aliphatic hydroxyl groups is 1. The minimum atomic E-state index is -4.74. The van der Waals surface area contributed by atoms with Crippen LogP contribution in [0.3, 0.4) is 0 Å². The number of carbonyl (C=O) groups is 2. The van der Waals surface area contributed by atoms with Crippen LogP contribution in [0.4, 0.5) is 19.0 Å². The van der Waals surface area contributed by atoms with Crippen LogP contribution >= 0.6 is 11.3 Å². The second kappa shape index (κ2) is 10.1. The average molecular weight is 554 g/mol. The first kappa shape index (κ1) is 28.3. The Balaban J connectivity index is 1.78. The van der Waals surface area contributed by atoms with Crippen LogP contribution in [0.25, 0.3) is 10.4 Å². The molecule has 2 aromatic heterocycles. The van der Waals surface area contributed by atoms with E-state index in [1.165, 1.54) is 13.8 Å². The highest BCUT2D eigenvalue weighted by molar-refractivity contribution is 7.17. The summed E-state index contributed by atoms with van der Waals surface area (Å²) in [6.45, 7) is 9.11. The molecular weight excluding hydrogens is 519 g/mol. The third kappa shape index (κ3) is 6.28. The van der Waals surface area contributed by atoms with Gasteiger partial charge in [-0.3, -0.25) is 9.59 Å². The molecule has 12 heteroatoms. The summed E-state index contributed by atoms with van der Waals surface area (Å²) in [5.74, 6) is -0.756. The van der Waals surface area contributed by atoms with Crippen molar-refractivity contribution in [3.8, 4) is 10.4 Å². The molecule has 2 amide bonds. The number of hydrogen-bond donors (Lipinski definition) is 3. The maximum absolute atomic E-state index is 14.4. The molecule has 1 atom stereocenters. The SMILES string of the molecule is CC1CCCN1C(=O)c1nc(C(=O)NCC(C)(C)O)sc1-c1cnc(NC(C)(C)C2CC2)cc1C(F)(F)F. The minimum absolute atomic E-state index is 0.0599. The van der Waals surface area contributed by atoms with Gasteiger partial charge in [0.05, 0.1) is 16.0 Å². The van der Waals surface area contributed by atoms with Crippen LogP contribution in [0.2, 0.25) is 0 Å². The first-order valence-electron chi connectivity index (χ1n) is 12.7. The summed E-state index contributed by atoms with van der Waals surface area (Å²) in [6, 6.07) is 0.862. The molecule has 0 bridgehead atoms. The third-order valence-corrected chi connectivity index (χ3v) is 8.11. The molecule has 0 radical (unpaired) electrons. The Labute approximate surface area is 224 Å². The molecule has 2 aliphatic rings. The lowest BCUT2D eigenvalue weighted by Crippen LogP contribution is -2.38. The van der Waals surface area contributed by atoms with Gasteiger partial charge in [0.1, 0.15) is 11.5 Å². The second-order valence-corrected chi connectivity index (χ2v) is 12.4. The van der Waals surface area contributed by atoms with Gasteiger partial charge in [0.2, 0.25) is 0 Å². The van der Waals surface area contributed by atoms with Gasteiger partial charge in [-0.2, -0.15) is 13.2 Å². The Morgan fingerprint density at radius 3 is 2.42 bits per heavy atom. The van der Waals surface area contributed by atoms with Crippen molar-refractivity contribution >= 4 is 29.0 Å². The van der Waals surface area contributed by atoms with Crippen LogP contribution in [0.15, 0.2) is 12.3 Å². The summed E-state index contributed by atoms with van der Waals surface area (Å²) in [5.41, 5.74) is -3.09. The van der Waals surface area contributed by atoms with E-state index in [4.69, 9.17) is 0 Å². The Morgan fingerprint density at radius 1 is 1.18 bits per heavy atom. The third-order valence-electron chi connectivity index (χ3n) is 7.02. The van der Waals surface area contributed by atoms with Crippen LogP contribution in [-0.4, -0.2) is 62.1 Å². The number of nitrogens with one attached hydrogen (secondary N) is 2. The Kier molecular flexibility index (Phi) is 7.52. The molecule has 1 aliphatic heterocycles. The van der Waals surface area contributed by atoms with E-state index in [1.807, 2.05) is 20.8 Å². The zero-order chi connectivity index (χ0) is 28.0. The van der Waals surface area contributed by atoms with Gasteiger partial charge in [-0.05, 0) is 72.3 Å². The van der Waals surface area contributed by atoms with Crippen molar-refractivity contribution in [1.29, 1.82) is 0 Å². The highest BCUT2D eigenvalue weighted by Crippen LogP contribution is 2.44. The van der Waals surface area contributed by atoms with Crippen molar-refractivity contribution < 1.29 is 27.9 Å². The number of alkyl halides is 3. The standard InChI is InChI=1S/C26H34F3N5O3S/c1-14-7-6-10-34(14)23(36)19-20(38-22(32-19)21(35)31-13-24(2,3)37)16-12-30-18(11-17(16)26(27,28)29)33-25(4,5)15-8-9-15/h11-12,14-15,37H,6-10,13H2,1-5H3,(H,30,33)(H,31,35). The number of nitrogens with zero attached hydrogens (tertiary/aromatic N) is 3. The van der Waals surface area contributed by atoms with Gasteiger partial charge in [-0.1, -0.05) is 0 Å². The van der Waals surface area contributed by atoms with Gasteiger partial charge in [0.15, 0.2) is 5.01 Å². The van der Waals surface area contributed by atoms with Gasteiger partial charge in [0, 0.05) is 36.4 Å². The van der Waals surface area contributed by atoms with E-state index in [2.05, 4.69) is 20.6 Å². The van der Waals surface area contributed by atoms with E-state index in [0.29, 0.717) is 23.8 Å². The molecule has 4 rings (SSSR count). The van der Waals surface area contributed by atoms with Crippen molar-refractivity contribution in [2.45, 2.75) is 83.7 Å². The second-order valence-electron chi connectivity index (χ2n) is 11.4. The average Bonchev–Trinajstić information content (AvgIpc) is 3.46. The van der Waals surface area contributed by atoms with Crippen molar-refractivity contribution in [3.63, 3.8) is 0 Å². The largest absolute Gasteiger partial charge is 0.417 e. The molecular formula is C26H34F3N5O3S. The number of aromatic nitrogens is 2. The molecule has 3 N–H and O–H groups in total. The summed E-state index contributed by atoms with van der Waals surface area (Å²) < 4.78 is 43.1. The number of hydrogen-bond acceptors (Lipinski definition) is 7. The molecule has 0 spiro atoms. The zero-order valence-electron chi connectivity index (χ0n) is 22.2. The van der Waals surface area contributed by atoms with Gasteiger partial charge < -0.3 is 20.6 Å². The first-order chi connectivity index (χ1) is 17.6. The number of halogens is 3. The number of thiazole rings is 1. The Bertz CT molecular complexity index is 1220. The van der Waals surface area contributed by atoms with Crippen LogP contribution in [0.1, 0.15) is 86.2 Å². The predicted octanol–water partition coefficient (Wildman–Crippen LogP) is 4.95. The summed E-state index contributed by atoms with van der Waals surface area (Å²) in [7, 11) is 0. The molecule has 2 fully saturated rings. The van der Waals surface area contributed by atoms with Gasteiger partial charge in [0.25, 0.3) is 11.8 Å². The topological polar surface area (TPSA) is 107 Å². The maximum Gasteiger partial charge on any atom is 0.417 e. The van der Waals surface area contributed by atoms with Crippen LogP contribution in [0, 0.1) is 5.92 Å². The number of pyridine rings is 1. The lowest BCUT2D eigenvalue weighted by molar-refractivity contribution is -0.137. The van der Waals surface area contributed by atoms with E-state index in [9.17, 15) is 27.9 Å². The number of rotatable bonds is 8. The van der Waals surface area contributed by atoms with Crippen molar-refractivity contribution in [2.24, 2.45) is 5.92 Å². The number of amides is 2. The zero-order valence-corrected chi connectivity index (χ0v) is 23.0. The highest BCUT2D eigenvalue weighted by atomic mass is 32.1. The van der Waals surface area contributed by atoms with Crippen molar-refractivity contribution in [1.82, 2.24) is 20.2 Å². The molecule has 1 saturated carbocycles. The molecule has 38 heavy (non-hydrogen) atoms. The Hall–Kier alpha value is -2.73. The van der Waals surface area contributed by atoms with E-state index in [0.717, 1.165) is 37.9 Å². The Morgan fingerprint density at radius 2 is 1.87 bits per heavy atom. The lowest BCUT2D eigenvalue weighted by atomic mass is 9.98. The first-order valence-corrected chi connectivity index (χ1v) is 13.6. The molecule has 1 aliphatic carbocycles. The fraction of sp³-hybridized carbons (Fsp3) is 0.615. The maximum atomic E-state index is 14.4. The molecule has 1 unspecified atom stereocenters. The summed E-state index contributed by atoms with van der Waals surface area (Å²) in [6.07, 6.45) is -0.0840. The summed E-state index contributed by atoms with van der Waals surface area (Å²) >= 11 is 0.711. The van der Waals surface area contributed by atoms with Crippen LogP contribution in [-0.2, 0) is 6.18 Å². The number of anilines is 1. The van der Waals surface area contributed by atoms with Crippen molar-refractivity contribution in [3.05, 3.63) is 28.5 Å². The highest BCUT2D eigenvalue weighted by Gasteiger charge is 2.41. The fourth-order valence-electron chi connectivity index (χ4n) is 4.66. The summed E-state index contributed by atoms with van der Waals surface area (Å²) in [5, 5.41) is 15.4. The number of likely N-dealkylation sites (tertiary alicyclic amines) is 1. The van der Waals surface area contributed by atoms with Gasteiger partial charge in [-0.15, -0.1) is 11.3 Å². The summed E-state index contributed by atoms with van der Waals surface area (Å²) in [4.78, 5) is 36.3. The van der Waals surface area contributed by atoms with E-state index >= 15 is 0 Å². The van der Waals surface area contributed by atoms with E-state index in [1.54, 1.807) is 4.90 Å². The normalized spacial score (nSPS) is 18.6. The molecule has 208 valence electrons. The molecule has 1 saturated heterocycles. The predicted molar refractivity (Wildman–Crippen MR) is 139 cm³/mol. The molecule has 8 nitrogen and oxygen atoms in total.